The Morgan fingerprint density at radius 1 is 1.30 bits per heavy atom. The Morgan fingerprint density at radius 3 is 2.53 bits per heavy atom. The van der Waals surface area contributed by atoms with Crippen LogP contribution in [0.4, 0.5) is 0 Å². The average molecular weight is 431 g/mol. The molecule has 3 nitrogen and oxygen atoms in total. The van der Waals surface area contributed by atoms with E-state index in [1.54, 1.807) is 0 Å². The van der Waals surface area contributed by atoms with E-state index in [9.17, 15) is 4.79 Å². The van der Waals surface area contributed by atoms with Crippen LogP contribution in [0.3, 0.4) is 0 Å². The van der Waals surface area contributed by atoms with E-state index in [0.717, 1.165) is 19.3 Å². The van der Waals surface area contributed by atoms with Gasteiger partial charge in [-0.3, -0.25) is 4.79 Å². The number of ether oxygens (including phenoxy) is 1. The van der Waals surface area contributed by atoms with E-state index in [-0.39, 0.29) is 22.8 Å². The lowest BCUT2D eigenvalue weighted by Gasteiger charge is -2.49. The van der Waals surface area contributed by atoms with Gasteiger partial charge in [0.2, 0.25) is 0 Å². The third-order valence-electron chi connectivity index (χ3n) is 8.48. The van der Waals surface area contributed by atoms with Crippen molar-refractivity contribution in [3.8, 4) is 0 Å². The quantitative estimate of drug-likeness (QED) is 0.273. The summed E-state index contributed by atoms with van der Waals surface area (Å²) in [6.45, 7) is 21.1. The molecule has 3 aliphatic carbocycles. The number of carbonyl (C=O) groups excluding carboxylic acids is 1. The van der Waals surface area contributed by atoms with Gasteiger partial charge in [0.15, 0.2) is 8.32 Å². The number of hydrogen-bond donors (Lipinski definition) is 0. The fourth-order valence-electron chi connectivity index (χ4n) is 5.61. The molecule has 0 N–H and O–H groups in total. The van der Waals surface area contributed by atoms with E-state index < -0.39 is 8.32 Å². The molecule has 0 spiro atoms. The molecule has 2 fully saturated rings. The van der Waals surface area contributed by atoms with E-state index in [1.807, 2.05) is 0 Å². The van der Waals surface area contributed by atoms with Gasteiger partial charge in [-0.25, -0.2) is 0 Å². The summed E-state index contributed by atoms with van der Waals surface area (Å²) in [5, 5.41) is 0.204. The van der Waals surface area contributed by atoms with Gasteiger partial charge in [-0.1, -0.05) is 58.9 Å². The van der Waals surface area contributed by atoms with E-state index in [4.69, 9.17) is 9.16 Å². The molecule has 0 saturated heterocycles. The fraction of sp³-hybridized carbons (Fsp3) is 0.731. The molecule has 0 aromatic carbocycles. The first-order valence-electron chi connectivity index (χ1n) is 11.7. The van der Waals surface area contributed by atoms with Gasteiger partial charge in [0.05, 0.1) is 19.6 Å². The third kappa shape index (κ3) is 4.02. The number of carbonyl (C=O) groups is 1. The van der Waals surface area contributed by atoms with Crippen LogP contribution in [-0.2, 0) is 14.0 Å². The molecule has 168 valence electrons. The zero-order valence-corrected chi connectivity index (χ0v) is 21.4. The van der Waals surface area contributed by atoms with Gasteiger partial charge in [0, 0.05) is 5.92 Å². The van der Waals surface area contributed by atoms with Crippen LogP contribution < -0.4 is 0 Å². The van der Waals surface area contributed by atoms with E-state index in [1.165, 1.54) is 23.8 Å². The standard InChI is InChI=1S/C26H42O3Si/c1-16(2)18-12-13-20(19(18)14-15-29-30(8,9)26(4,5)6)23-22-17(3)10-11-21(22)24(23)25(27)28-7/h13-14,16,18,21-24H,3,10-12,15H2,1-2,4-9H3/b19-14+/t18-,21+,22-,23+,24?/m0/s1. The molecule has 4 heteroatoms. The monoisotopic (exact) mass is 430 g/mol. The summed E-state index contributed by atoms with van der Waals surface area (Å²) in [5.41, 5.74) is 4.13. The smallest absolute Gasteiger partial charge is 0.309 e. The maximum Gasteiger partial charge on any atom is 0.309 e. The van der Waals surface area contributed by atoms with Gasteiger partial charge in [0.25, 0.3) is 0 Å². The van der Waals surface area contributed by atoms with Crippen molar-refractivity contribution >= 4 is 14.3 Å². The van der Waals surface area contributed by atoms with Crippen molar-refractivity contribution in [3.63, 3.8) is 0 Å². The molecule has 0 amide bonds. The van der Waals surface area contributed by atoms with Crippen LogP contribution in [0.1, 0.15) is 53.9 Å². The third-order valence-corrected chi connectivity index (χ3v) is 13.0. The Balaban J connectivity index is 1.87. The van der Waals surface area contributed by atoms with Crippen LogP contribution in [0.2, 0.25) is 18.1 Å². The van der Waals surface area contributed by atoms with E-state index >= 15 is 0 Å². The zero-order chi connectivity index (χ0) is 22.4. The second-order valence-corrected chi connectivity index (χ2v) is 16.2. The van der Waals surface area contributed by atoms with Crippen LogP contribution in [0, 0.1) is 35.5 Å². The maximum atomic E-state index is 12.7. The summed E-state index contributed by atoms with van der Waals surface area (Å²) in [7, 11) is -0.263. The fourth-order valence-corrected chi connectivity index (χ4v) is 6.54. The van der Waals surface area contributed by atoms with Crippen molar-refractivity contribution in [3.05, 3.63) is 35.5 Å². The molecule has 0 bridgehead atoms. The normalized spacial score (nSPS) is 33.0. The van der Waals surface area contributed by atoms with Crippen LogP contribution in [0.5, 0.6) is 0 Å². The Bertz CT molecular complexity index is 753. The summed E-state index contributed by atoms with van der Waals surface area (Å²) < 4.78 is 11.7. The van der Waals surface area contributed by atoms with Gasteiger partial charge in [-0.2, -0.15) is 0 Å². The number of rotatable bonds is 6. The average Bonchev–Trinajstić information content (AvgIpc) is 3.16. The summed E-state index contributed by atoms with van der Waals surface area (Å²) in [6, 6.07) is 0. The molecule has 30 heavy (non-hydrogen) atoms. The van der Waals surface area contributed by atoms with Gasteiger partial charge in [0.1, 0.15) is 0 Å². The Hall–Kier alpha value is -1.13. The minimum Gasteiger partial charge on any atom is -0.469 e. The molecule has 3 aliphatic rings. The molecule has 1 unspecified atom stereocenters. The Kier molecular flexibility index (Phi) is 6.61. The second kappa shape index (κ2) is 8.42. The highest BCUT2D eigenvalue weighted by atomic mass is 28.4. The van der Waals surface area contributed by atoms with Crippen LogP contribution in [-0.4, -0.2) is 28.0 Å². The van der Waals surface area contributed by atoms with Gasteiger partial charge < -0.3 is 9.16 Å². The Labute approximate surface area is 185 Å². The Morgan fingerprint density at radius 2 is 1.97 bits per heavy atom. The lowest BCUT2D eigenvalue weighted by molar-refractivity contribution is -0.157. The largest absolute Gasteiger partial charge is 0.469 e. The highest BCUT2D eigenvalue weighted by Gasteiger charge is 2.59. The molecule has 0 radical (unpaired) electrons. The number of methoxy groups -OCH3 is 1. The van der Waals surface area contributed by atoms with Crippen LogP contribution in [0.15, 0.2) is 35.5 Å². The molecule has 5 atom stereocenters. The first kappa shape index (κ1) is 23.5. The van der Waals surface area contributed by atoms with E-state index in [0.29, 0.717) is 30.3 Å². The first-order chi connectivity index (χ1) is 13.9. The van der Waals surface area contributed by atoms with Gasteiger partial charge in [-0.15, -0.1) is 0 Å². The molecule has 3 rings (SSSR count). The molecular formula is C26H42O3Si. The molecular weight excluding hydrogens is 388 g/mol. The molecule has 2 saturated carbocycles. The van der Waals surface area contributed by atoms with Crippen molar-refractivity contribution in [2.75, 3.05) is 13.7 Å². The number of allylic oxidation sites excluding steroid dienone is 4. The number of fused-ring (bicyclic) bond motifs is 1. The highest BCUT2D eigenvalue weighted by molar-refractivity contribution is 6.74. The molecule has 0 aromatic heterocycles. The molecule has 0 heterocycles. The molecule has 0 aromatic rings. The second-order valence-electron chi connectivity index (χ2n) is 11.4. The molecule has 0 aliphatic heterocycles. The summed E-state index contributed by atoms with van der Waals surface area (Å²) >= 11 is 0. The van der Waals surface area contributed by atoms with Crippen molar-refractivity contribution in [1.29, 1.82) is 0 Å². The summed E-state index contributed by atoms with van der Waals surface area (Å²) in [5.74, 6) is 2.12. The number of hydrogen-bond acceptors (Lipinski definition) is 3. The lowest BCUT2D eigenvalue weighted by atomic mass is 9.54. The zero-order valence-electron chi connectivity index (χ0n) is 20.4. The highest BCUT2D eigenvalue weighted by Crippen LogP contribution is 2.62. The number of esters is 1. The minimum atomic E-state index is -1.79. The maximum absolute atomic E-state index is 12.7. The summed E-state index contributed by atoms with van der Waals surface area (Å²) in [6.07, 6.45) is 7.93. The topological polar surface area (TPSA) is 35.5 Å². The van der Waals surface area contributed by atoms with Crippen molar-refractivity contribution in [1.82, 2.24) is 0 Å². The van der Waals surface area contributed by atoms with Crippen molar-refractivity contribution in [2.24, 2.45) is 35.5 Å². The van der Waals surface area contributed by atoms with E-state index in [2.05, 4.69) is 66.4 Å². The summed E-state index contributed by atoms with van der Waals surface area (Å²) in [4.78, 5) is 12.7. The first-order valence-corrected chi connectivity index (χ1v) is 14.6. The predicted octanol–water partition coefficient (Wildman–Crippen LogP) is 6.54. The SMILES string of the molecule is C=C1CC[C@H]2C(C(=O)OC)[C@H](C3=CC[C@@H](C(C)C)/C3=C\CO[Si](C)(C)C(C)(C)C)[C@@H]12. The van der Waals surface area contributed by atoms with Crippen molar-refractivity contribution < 1.29 is 14.0 Å². The van der Waals surface area contributed by atoms with Gasteiger partial charge >= 0.3 is 5.97 Å². The van der Waals surface area contributed by atoms with Crippen LogP contribution >= 0.6 is 0 Å². The lowest BCUT2D eigenvalue weighted by Crippen LogP contribution is -2.50. The van der Waals surface area contributed by atoms with Gasteiger partial charge in [-0.05, 0) is 72.2 Å². The minimum absolute atomic E-state index is 0.0129. The van der Waals surface area contributed by atoms with Crippen LogP contribution in [0.25, 0.3) is 0 Å². The van der Waals surface area contributed by atoms with Crippen molar-refractivity contribution in [2.45, 2.75) is 72.0 Å². The predicted molar refractivity (Wildman–Crippen MR) is 127 cm³/mol.